The summed E-state index contributed by atoms with van der Waals surface area (Å²) in [6.45, 7) is 3.87. The molecule has 0 aliphatic heterocycles. The van der Waals surface area contributed by atoms with Crippen LogP contribution in [-0.4, -0.2) is 28.1 Å². The molecule has 4 aromatic rings. The van der Waals surface area contributed by atoms with E-state index in [0.717, 1.165) is 12.0 Å². The minimum Gasteiger partial charge on any atom is -0.493 e. The maximum atomic E-state index is 14.1. The molecular weight excluding hydrogens is 517 g/mol. The smallest absolute Gasteiger partial charge is 0.296 e. The molecule has 0 saturated carbocycles. The molecule has 200 valence electrons. The third-order valence-electron chi connectivity index (χ3n) is 6.53. The van der Waals surface area contributed by atoms with Gasteiger partial charge in [0.25, 0.3) is 5.56 Å². The number of hydrogen-bond acceptors (Lipinski definition) is 6. The van der Waals surface area contributed by atoms with E-state index >= 15 is 0 Å². The minimum atomic E-state index is -4.49. The lowest BCUT2D eigenvalue weighted by Gasteiger charge is -2.25. The van der Waals surface area contributed by atoms with Crippen molar-refractivity contribution in [1.29, 1.82) is 0 Å². The summed E-state index contributed by atoms with van der Waals surface area (Å²) in [5.41, 5.74) is 0.955. The van der Waals surface area contributed by atoms with E-state index in [4.69, 9.17) is 6.42 Å². The number of halogens is 1. The number of nitrogens with zero attached hydrogens (tertiary/aromatic N) is 3. The van der Waals surface area contributed by atoms with Gasteiger partial charge in [-0.1, -0.05) is 50.5 Å². The van der Waals surface area contributed by atoms with Crippen molar-refractivity contribution < 1.29 is 17.9 Å². The Kier molecular flexibility index (Phi) is 8.27. The first-order valence-electron chi connectivity index (χ1n) is 12.6. The molecule has 9 heteroatoms. The van der Waals surface area contributed by atoms with Gasteiger partial charge >= 0.3 is 0 Å². The van der Waals surface area contributed by atoms with E-state index in [9.17, 15) is 22.7 Å². The Hall–Kier alpha value is -4.29. The Balaban J connectivity index is 1.88. The summed E-state index contributed by atoms with van der Waals surface area (Å²) < 4.78 is 42.9. The predicted molar refractivity (Wildman–Crippen MR) is 147 cm³/mol. The van der Waals surface area contributed by atoms with Crippen LogP contribution in [0.3, 0.4) is 0 Å². The topological polar surface area (TPSA) is 102 Å². The molecule has 4 rings (SSSR count). The second-order valence-corrected chi connectivity index (χ2v) is 10.9. The van der Waals surface area contributed by atoms with Crippen LogP contribution in [0.4, 0.5) is 4.39 Å². The molecule has 0 fully saturated rings. The van der Waals surface area contributed by atoms with Gasteiger partial charge in [-0.05, 0) is 60.4 Å². The van der Waals surface area contributed by atoms with E-state index in [1.165, 1.54) is 41.1 Å². The largest absolute Gasteiger partial charge is 0.493 e. The molecule has 2 aromatic carbocycles. The van der Waals surface area contributed by atoms with Gasteiger partial charge in [0.05, 0.1) is 10.9 Å². The quantitative estimate of drug-likeness (QED) is 0.226. The second-order valence-electron chi connectivity index (χ2n) is 9.02. The van der Waals surface area contributed by atoms with Crippen LogP contribution in [0.5, 0.6) is 5.88 Å². The number of hydrogen-bond donors (Lipinski definition) is 1. The summed E-state index contributed by atoms with van der Waals surface area (Å²) in [6, 6.07) is 15.1. The van der Waals surface area contributed by atoms with Crippen LogP contribution in [0.1, 0.15) is 56.1 Å². The number of sulfone groups is 1. The van der Waals surface area contributed by atoms with E-state index < -0.39 is 38.2 Å². The van der Waals surface area contributed by atoms with Crippen LogP contribution in [-0.2, 0) is 16.3 Å². The normalized spacial score (nSPS) is 12.2. The van der Waals surface area contributed by atoms with Crippen LogP contribution in [0.2, 0.25) is 0 Å². The van der Waals surface area contributed by atoms with Crippen molar-refractivity contribution >= 4 is 9.84 Å². The molecule has 39 heavy (non-hydrogen) atoms. The number of aryl methyl sites for hydroxylation is 1. The Bertz CT molecular complexity index is 1710. The SMILES string of the molecule is C#Cc1cccc([C@H](CC)n2c(CCCC)nc(=O)c(S(=O)(=O)c3ccc(-c4cccnc4F)cc3)c2O)c1. The van der Waals surface area contributed by atoms with Crippen molar-refractivity contribution in [3.63, 3.8) is 0 Å². The van der Waals surface area contributed by atoms with Crippen molar-refractivity contribution in [2.24, 2.45) is 0 Å². The van der Waals surface area contributed by atoms with Crippen molar-refractivity contribution in [1.82, 2.24) is 14.5 Å². The average molecular weight is 546 g/mol. The average Bonchev–Trinajstić information content (AvgIpc) is 2.94. The van der Waals surface area contributed by atoms with Crippen LogP contribution >= 0.6 is 0 Å². The van der Waals surface area contributed by atoms with E-state index in [1.54, 1.807) is 24.3 Å². The standard InChI is InChI=1S/C30H28FN3O4S/c1-4-7-13-26-33-29(35)27(30(36)34(26)25(6-3)22-11-8-10-20(5-2)19-22)39(37,38)23-16-14-21(15-17-23)24-12-9-18-32-28(24)31/h2,8-12,14-19,25,36H,4,6-7,13H2,1,3H3/t25-/m0/s1. The van der Waals surface area contributed by atoms with Crippen LogP contribution < -0.4 is 5.56 Å². The summed E-state index contributed by atoms with van der Waals surface area (Å²) in [6.07, 6.45) is 9.23. The molecule has 0 aliphatic carbocycles. The Labute approximate surface area is 227 Å². The molecule has 7 nitrogen and oxygen atoms in total. The molecule has 2 aromatic heterocycles. The summed E-state index contributed by atoms with van der Waals surface area (Å²) in [4.78, 5) is 19.8. The van der Waals surface area contributed by atoms with Crippen molar-refractivity contribution in [2.45, 2.75) is 55.4 Å². The van der Waals surface area contributed by atoms with E-state index in [-0.39, 0.29) is 10.5 Å². The van der Waals surface area contributed by atoms with E-state index in [2.05, 4.69) is 15.9 Å². The fourth-order valence-electron chi connectivity index (χ4n) is 4.56. The highest BCUT2D eigenvalue weighted by atomic mass is 32.2. The second kappa shape index (κ2) is 11.6. The van der Waals surface area contributed by atoms with Gasteiger partial charge in [0.15, 0.2) is 4.90 Å². The number of aromatic nitrogens is 3. The Morgan fingerprint density at radius 2 is 1.85 bits per heavy atom. The van der Waals surface area contributed by atoms with Gasteiger partial charge in [0, 0.05) is 23.7 Å². The molecular formula is C30H28FN3O4S. The first-order chi connectivity index (χ1) is 18.7. The third-order valence-corrected chi connectivity index (χ3v) is 8.32. The molecule has 0 bridgehead atoms. The van der Waals surface area contributed by atoms with Gasteiger partial charge in [-0.3, -0.25) is 9.36 Å². The first-order valence-corrected chi connectivity index (χ1v) is 14.1. The Morgan fingerprint density at radius 1 is 1.10 bits per heavy atom. The van der Waals surface area contributed by atoms with Crippen LogP contribution in [0.15, 0.2) is 81.4 Å². The number of aromatic hydroxyl groups is 1. The van der Waals surface area contributed by atoms with Gasteiger partial charge in [0.1, 0.15) is 5.82 Å². The monoisotopic (exact) mass is 545 g/mol. The molecule has 0 aliphatic rings. The third kappa shape index (κ3) is 5.47. The van der Waals surface area contributed by atoms with Gasteiger partial charge in [-0.15, -0.1) is 6.42 Å². The van der Waals surface area contributed by atoms with E-state index in [1.807, 2.05) is 19.9 Å². The zero-order chi connectivity index (χ0) is 28.2. The number of benzene rings is 2. The van der Waals surface area contributed by atoms with Gasteiger partial charge < -0.3 is 5.11 Å². The molecule has 0 spiro atoms. The van der Waals surface area contributed by atoms with Crippen molar-refractivity contribution in [3.05, 3.63) is 100 Å². The highest BCUT2D eigenvalue weighted by molar-refractivity contribution is 7.91. The zero-order valence-electron chi connectivity index (χ0n) is 21.6. The van der Waals surface area contributed by atoms with Gasteiger partial charge in [-0.2, -0.15) is 9.37 Å². The maximum Gasteiger partial charge on any atom is 0.296 e. The highest BCUT2D eigenvalue weighted by Crippen LogP contribution is 2.34. The number of rotatable bonds is 9. The lowest BCUT2D eigenvalue weighted by Crippen LogP contribution is -2.27. The van der Waals surface area contributed by atoms with Gasteiger partial charge in [-0.25, -0.2) is 13.4 Å². The van der Waals surface area contributed by atoms with Crippen LogP contribution in [0.25, 0.3) is 11.1 Å². The number of terminal acetylenes is 1. The molecule has 0 amide bonds. The van der Waals surface area contributed by atoms with Crippen molar-refractivity contribution in [3.8, 4) is 29.4 Å². The Morgan fingerprint density at radius 3 is 2.49 bits per heavy atom. The fourth-order valence-corrected chi connectivity index (χ4v) is 5.90. The lowest BCUT2D eigenvalue weighted by atomic mass is 10.0. The lowest BCUT2D eigenvalue weighted by molar-refractivity contribution is 0.358. The number of unbranched alkanes of at least 4 members (excludes halogenated alkanes) is 1. The molecule has 0 radical (unpaired) electrons. The molecule has 2 heterocycles. The fraction of sp³-hybridized carbons (Fsp3) is 0.233. The summed E-state index contributed by atoms with van der Waals surface area (Å²) in [5.74, 6) is 1.50. The summed E-state index contributed by atoms with van der Waals surface area (Å²) in [7, 11) is -4.49. The van der Waals surface area contributed by atoms with Gasteiger partial charge in [0.2, 0.25) is 21.7 Å². The van der Waals surface area contributed by atoms with Crippen molar-refractivity contribution in [2.75, 3.05) is 0 Å². The molecule has 1 atom stereocenters. The first kappa shape index (κ1) is 27.7. The van der Waals surface area contributed by atoms with E-state index in [0.29, 0.717) is 36.2 Å². The van der Waals surface area contributed by atoms with Crippen LogP contribution in [0, 0.1) is 18.3 Å². The number of pyridine rings is 1. The molecule has 0 saturated heterocycles. The highest BCUT2D eigenvalue weighted by Gasteiger charge is 2.32. The summed E-state index contributed by atoms with van der Waals surface area (Å²) >= 11 is 0. The minimum absolute atomic E-state index is 0.202. The zero-order valence-corrected chi connectivity index (χ0v) is 22.5. The summed E-state index contributed by atoms with van der Waals surface area (Å²) in [5, 5.41) is 11.5. The predicted octanol–water partition coefficient (Wildman–Crippen LogP) is 5.31. The maximum absolute atomic E-state index is 14.1. The molecule has 1 N–H and O–H groups in total. The molecule has 0 unspecified atom stereocenters.